The molecule has 0 bridgehead atoms. The molecule has 3 aromatic carbocycles. The third kappa shape index (κ3) is 4.61. The van der Waals surface area contributed by atoms with Crippen molar-refractivity contribution in [3.05, 3.63) is 89.0 Å². The molecule has 1 fully saturated rings. The van der Waals surface area contributed by atoms with Gasteiger partial charge in [0.25, 0.3) is 5.91 Å². The summed E-state index contributed by atoms with van der Waals surface area (Å²) in [7, 11) is 0. The van der Waals surface area contributed by atoms with Gasteiger partial charge in [-0.2, -0.15) is 0 Å². The van der Waals surface area contributed by atoms with Crippen molar-refractivity contribution in [2.24, 2.45) is 0 Å². The van der Waals surface area contributed by atoms with Crippen LogP contribution in [0.5, 0.6) is 5.75 Å². The first kappa shape index (κ1) is 21.2. The lowest BCUT2D eigenvalue weighted by Crippen LogP contribution is -2.39. The van der Waals surface area contributed by atoms with Gasteiger partial charge >= 0.3 is 0 Å². The van der Waals surface area contributed by atoms with Crippen LogP contribution in [0.4, 0.5) is 20.2 Å². The number of rotatable bonds is 5. The first-order chi connectivity index (χ1) is 16.1. The van der Waals surface area contributed by atoms with Crippen molar-refractivity contribution in [3.8, 4) is 5.75 Å². The highest BCUT2D eigenvalue weighted by atomic mass is 19.1. The van der Waals surface area contributed by atoms with Gasteiger partial charge in [-0.05, 0) is 48.0 Å². The number of nitrogens with zero attached hydrogens (tertiary/aromatic N) is 1. The molecule has 33 heavy (non-hydrogen) atoms. The fourth-order valence-electron chi connectivity index (χ4n) is 4.02. The molecule has 5 rings (SSSR count). The van der Waals surface area contributed by atoms with Gasteiger partial charge in [0.05, 0.1) is 18.8 Å². The average molecular weight is 451 g/mol. The van der Waals surface area contributed by atoms with E-state index in [9.17, 15) is 13.6 Å². The number of carbonyl (C=O) groups is 1. The minimum absolute atomic E-state index is 0.0346. The molecule has 1 atom stereocenters. The molecule has 2 N–H and O–H groups in total. The van der Waals surface area contributed by atoms with Gasteiger partial charge in [-0.25, -0.2) is 8.78 Å². The topological polar surface area (TPSA) is 62.8 Å². The normalized spacial score (nSPS) is 17.7. The molecule has 2 aliphatic rings. The van der Waals surface area contributed by atoms with Crippen LogP contribution in [0.2, 0.25) is 0 Å². The van der Waals surface area contributed by atoms with Crippen LogP contribution in [-0.4, -0.2) is 32.2 Å². The zero-order valence-electron chi connectivity index (χ0n) is 17.8. The number of amides is 1. The fourth-order valence-corrected chi connectivity index (χ4v) is 4.02. The quantitative estimate of drug-likeness (QED) is 0.608. The summed E-state index contributed by atoms with van der Waals surface area (Å²) >= 11 is 0. The fraction of sp³-hybridized carbons (Fsp3) is 0.240. The van der Waals surface area contributed by atoms with E-state index in [2.05, 4.69) is 15.5 Å². The second-order valence-electron chi connectivity index (χ2n) is 7.98. The summed E-state index contributed by atoms with van der Waals surface area (Å²) in [6, 6.07) is 16.4. The highest BCUT2D eigenvalue weighted by Gasteiger charge is 2.26. The molecule has 6 nitrogen and oxygen atoms in total. The van der Waals surface area contributed by atoms with Crippen LogP contribution in [-0.2, 0) is 11.3 Å². The lowest BCUT2D eigenvalue weighted by molar-refractivity contribution is 0.0935. The number of fused-ring (bicyclic) bond motifs is 1. The maximum absolute atomic E-state index is 13.9. The summed E-state index contributed by atoms with van der Waals surface area (Å²) in [4.78, 5) is 15.1. The molecule has 1 saturated heterocycles. The Morgan fingerprint density at radius 3 is 2.67 bits per heavy atom. The van der Waals surface area contributed by atoms with E-state index in [0.29, 0.717) is 24.5 Å². The lowest BCUT2D eigenvalue weighted by Gasteiger charge is -2.32. The van der Waals surface area contributed by atoms with E-state index in [-0.39, 0.29) is 18.1 Å². The third-order valence-corrected chi connectivity index (χ3v) is 5.80. The number of benzene rings is 3. The molecular formula is C25H23F2N3O3. The third-order valence-electron chi connectivity index (χ3n) is 5.80. The number of nitrogens with one attached hydrogen (secondary N) is 2. The number of morpholine rings is 1. The van der Waals surface area contributed by atoms with Crippen molar-refractivity contribution in [2.75, 3.05) is 36.5 Å². The van der Waals surface area contributed by atoms with E-state index in [1.54, 1.807) is 18.2 Å². The van der Waals surface area contributed by atoms with E-state index in [1.807, 2.05) is 24.3 Å². The van der Waals surface area contributed by atoms with Crippen LogP contribution in [0.3, 0.4) is 0 Å². The summed E-state index contributed by atoms with van der Waals surface area (Å²) in [5.74, 6) is -0.931. The molecule has 8 heteroatoms. The van der Waals surface area contributed by atoms with Gasteiger partial charge < -0.3 is 25.0 Å². The molecule has 0 saturated carbocycles. The van der Waals surface area contributed by atoms with Gasteiger partial charge in [-0.1, -0.05) is 12.1 Å². The van der Waals surface area contributed by atoms with Crippen molar-refractivity contribution < 1.29 is 23.0 Å². The van der Waals surface area contributed by atoms with Crippen LogP contribution in [0.25, 0.3) is 0 Å². The summed E-state index contributed by atoms with van der Waals surface area (Å²) in [5.41, 5.74) is 3.39. The first-order valence-corrected chi connectivity index (χ1v) is 10.8. The van der Waals surface area contributed by atoms with Crippen molar-refractivity contribution in [2.45, 2.75) is 12.8 Å². The maximum Gasteiger partial charge on any atom is 0.255 e. The van der Waals surface area contributed by atoms with Gasteiger partial charge in [-0.15, -0.1) is 0 Å². The number of carbonyl (C=O) groups excluding carboxylic acids is 1. The molecule has 0 aliphatic carbocycles. The van der Waals surface area contributed by atoms with Crippen LogP contribution in [0.1, 0.15) is 27.7 Å². The Balaban J connectivity index is 1.30. The van der Waals surface area contributed by atoms with Crippen molar-refractivity contribution in [3.63, 3.8) is 0 Å². The second-order valence-corrected chi connectivity index (χ2v) is 7.98. The van der Waals surface area contributed by atoms with E-state index in [4.69, 9.17) is 9.47 Å². The summed E-state index contributed by atoms with van der Waals surface area (Å²) in [6.45, 7) is 2.91. The predicted octanol–water partition coefficient (Wildman–Crippen LogP) is 4.23. The molecule has 2 aliphatic heterocycles. The van der Waals surface area contributed by atoms with Crippen molar-refractivity contribution in [1.82, 2.24) is 5.32 Å². The van der Waals surface area contributed by atoms with Crippen LogP contribution in [0, 0.1) is 11.6 Å². The lowest BCUT2D eigenvalue weighted by atomic mass is 10.0. The van der Waals surface area contributed by atoms with E-state index >= 15 is 0 Å². The molecule has 2 heterocycles. The maximum atomic E-state index is 13.9. The molecule has 1 amide bonds. The molecule has 1 unspecified atom stereocenters. The Labute approximate surface area is 190 Å². The highest BCUT2D eigenvalue weighted by Crippen LogP contribution is 2.31. The number of anilines is 2. The summed E-state index contributed by atoms with van der Waals surface area (Å²) < 4.78 is 38.1. The minimum Gasteiger partial charge on any atom is -0.489 e. The monoisotopic (exact) mass is 451 g/mol. The molecule has 0 aromatic heterocycles. The summed E-state index contributed by atoms with van der Waals surface area (Å²) in [6.07, 6.45) is -0.439. The van der Waals surface area contributed by atoms with Gasteiger partial charge in [0.1, 0.15) is 30.2 Å². The first-order valence-electron chi connectivity index (χ1n) is 10.8. The van der Waals surface area contributed by atoms with Gasteiger partial charge in [0.2, 0.25) is 0 Å². The minimum atomic E-state index is -0.652. The Hall–Kier alpha value is -3.65. The Kier molecular flexibility index (Phi) is 5.83. The van der Waals surface area contributed by atoms with Gasteiger partial charge in [-0.3, -0.25) is 4.79 Å². The molecule has 170 valence electrons. The number of ether oxygens (including phenoxy) is 2. The Bertz CT molecular complexity index is 1180. The number of hydrogen-bond acceptors (Lipinski definition) is 5. The zero-order valence-corrected chi connectivity index (χ0v) is 17.8. The molecule has 3 aromatic rings. The zero-order chi connectivity index (χ0) is 22.8. The van der Waals surface area contributed by atoms with Gasteiger partial charge in [0, 0.05) is 36.1 Å². The largest absolute Gasteiger partial charge is 0.489 e. The van der Waals surface area contributed by atoms with E-state index < -0.39 is 17.8 Å². The predicted molar refractivity (Wildman–Crippen MR) is 120 cm³/mol. The van der Waals surface area contributed by atoms with Crippen LogP contribution in [0.15, 0.2) is 60.7 Å². The van der Waals surface area contributed by atoms with E-state index in [1.165, 1.54) is 12.1 Å². The SMILES string of the molecule is O=C1NC(c2cccc(OCc3ccc(F)cc3F)c2)Nc2ccc(N3CCOCC3)cc21. The van der Waals surface area contributed by atoms with Crippen molar-refractivity contribution >= 4 is 17.3 Å². The molecule has 0 spiro atoms. The number of halogens is 2. The Morgan fingerprint density at radius 1 is 1.00 bits per heavy atom. The summed E-state index contributed by atoms with van der Waals surface area (Å²) in [5, 5.41) is 6.34. The highest BCUT2D eigenvalue weighted by molar-refractivity contribution is 6.02. The standard InChI is InChI=1S/C25H23F2N3O3/c26-18-5-4-17(22(27)13-18)15-33-20-3-1-2-16(12-20)24-28-23-7-6-19(14-21(23)25(31)29-24)30-8-10-32-11-9-30/h1-7,12-14,24,28H,8-11,15H2,(H,29,31). The average Bonchev–Trinajstić information content (AvgIpc) is 2.84. The molecule has 0 radical (unpaired) electrons. The van der Waals surface area contributed by atoms with Crippen LogP contribution < -0.4 is 20.3 Å². The smallest absolute Gasteiger partial charge is 0.255 e. The van der Waals surface area contributed by atoms with Crippen LogP contribution >= 0.6 is 0 Å². The second kappa shape index (κ2) is 9.07. The Morgan fingerprint density at radius 2 is 1.85 bits per heavy atom. The van der Waals surface area contributed by atoms with Crippen molar-refractivity contribution in [1.29, 1.82) is 0 Å². The molecular weight excluding hydrogens is 428 g/mol. The van der Waals surface area contributed by atoms with E-state index in [0.717, 1.165) is 36.1 Å². The van der Waals surface area contributed by atoms with Gasteiger partial charge in [0.15, 0.2) is 0 Å². The number of hydrogen-bond donors (Lipinski definition) is 2.